The lowest BCUT2D eigenvalue weighted by Gasteiger charge is -2.17. The van der Waals surface area contributed by atoms with E-state index in [-0.39, 0.29) is 19.5 Å². The molecule has 1 aromatic carbocycles. The Labute approximate surface area is 124 Å². The lowest BCUT2D eigenvalue weighted by Crippen LogP contribution is -2.40. The highest BCUT2D eigenvalue weighted by molar-refractivity contribution is 7.87. The second-order valence-corrected chi connectivity index (χ2v) is 6.29. The molecule has 21 heavy (non-hydrogen) atoms. The van der Waals surface area contributed by atoms with Gasteiger partial charge in [0.2, 0.25) is 0 Å². The summed E-state index contributed by atoms with van der Waals surface area (Å²) in [5.74, 6) is -0.331. The molecule has 0 aliphatic heterocycles. The molecule has 0 heterocycles. The molecule has 0 saturated heterocycles. The third kappa shape index (κ3) is 5.70. The van der Waals surface area contributed by atoms with Gasteiger partial charge in [-0.1, -0.05) is 18.2 Å². The number of carboxylic acids is 1. The number of hydrogen-bond donors (Lipinski definition) is 2. The van der Waals surface area contributed by atoms with Crippen LogP contribution < -0.4 is 9.46 Å². The van der Waals surface area contributed by atoms with Gasteiger partial charge >= 0.3 is 5.97 Å². The molecular formula is C13H20N2O5S. The Hall–Kier alpha value is -1.64. The monoisotopic (exact) mass is 316 g/mol. The minimum atomic E-state index is -3.67. The number of nitrogens with one attached hydrogen (secondary N) is 1. The predicted molar refractivity (Wildman–Crippen MR) is 78.5 cm³/mol. The molecule has 0 spiro atoms. The van der Waals surface area contributed by atoms with E-state index in [0.717, 1.165) is 9.87 Å². The molecule has 0 unspecified atom stereocenters. The number of carbonyl (C=O) groups is 1. The van der Waals surface area contributed by atoms with Crippen molar-refractivity contribution in [3.05, 3.63) is 29.8 Å². The van der Waals surface area contributed by atoms with E-state index in [1.807, 2.05) is 24.3 Å². The lowest BCUT2D eigenvalue weighted by atomic mass is 10.1. The molecule has 2 N–H and O–H groups in total. The van der Waals surface area contributed by atoms with Crippen LogP contribution in [0.25, 0.3) is 0 Å². The smallest absolute Gasteiger partial charge is 0.304 e. The van der Waals surface area contributed by atoms with Gasteiger partial charge in [-0.2, -0.15) is 12.7 Å². The highest BCUT2D eigenvalue weighted by Gasteiger charge is 2.17. The highest BCUT2D eigenvalue weighted by Crippen LogP contribution is 2.17. The molecule has 0 atom stereocenters. The van der Waals surface area contributed by atoms with Crippen LogP contribution in [0.5, 0.6) is 5.75 Å². The minimum absolute atomic E-state index is 0.0701. The molecule has 1 rings (SSSR count). The number of carboxylic acid groups (broad SMARTS) is 1. The molecule has 0 fully saturated rings. The summed E-state index contributed by atoms with van der Waals surface area (Å²) in [6.45, 7) is 0.138. The zero-order valence-corrected chi connectivity index (χ0v) is 12.9. The van der Waals surface area contributed by atoms with Crippen LogP contribution in [0.1, 0.15) is 12.0 Å². The number of nitrogens with zero attached hydrogens (tertiary/aromatic N) is 1. The van der Waals surface area contributed by atoms with Gasteiger partial charge in [-0.15, -0.1) is 0 Å². The van der Waals surface area contributed by atoms with Gasteiger partial charge in [0.25, 0.3) is 10.2 Å². The molecule has 0 aliphatic rings. The van der Waals surface area contributed by atoms with Crippen LogP contribution in [-0.2, 0) is 21.4 Å². The Morgan fingerprint density at radius 3 is 2.67 bits per heavy atom. The van der Waals surface area contributed by atoms with E-state index < -0.39 is 16.2 Å². The molecule has 1 aromatic rings. The van der Waals surface area contributed by atoms with Crippen LogP contribution in [0.15, 0.2) is 24.3 Å². The normalized spacial score (nSPS) is 11.6. The Morgan fingerprint density at radius 1 is 1.38 bits per heavy atom. The summed E-state index contributed by atoms with van der Waals surface area (Å²) in [4.78, 5) is 10.4. The molecule has 0 aliphatic carbocycles. The van der Waals surface area contributed by atoms with E-state index in [9.17, 15) is 13.2 Å². The zero-order valence-electron chi connectivity index (χ0n) is 12.1. The maximum absolute atomic E-state index is 11.9. The Bertz CT molecular complexity index is 574. The second-order valence-electron chi connectivity index (χ2n) is 4.43. The average molecular weight is 316 g/mol. The summed E-state index contributed by atoms with van der Waals surface area (Å²) in [7, 11) is -0.767. The third-order valence-electron chi connectivity index (χ3n) is 2.92. The Morgan fingerprint density at radius 2 is 2.05 bits per heavy atom. The van der Waals surface area contributed by atoms with Crippen LogP contribution >= 0.6 is 0 Å². The van der Waals surface area contributed by atoms with Crippen LogP contribution in [0.2, 0.25) is 0 Å². The third-order valence-corrected chi connectivity index (χ3v) is 4.49. The summed E-state index contributed by atoms with van der Waals surface area (Å²) >= 11 is 0. The van der Waals surface area contributed by atoms with E-state index in [1.165, 1.54) is 7.05 Å². The van der Waals surface area contributed by atoms with Crippen molar-refractivity contribution in [1.82, 2.24) is 9.03 Å². The number of rotatable bonds is 9. The van der Waals surface area contributed by atoms with Gasteiger partial charge in [0.15, 0.2) is 0 Å². The molecular weight excluding hydrogens is 296 g/mol. The fraction of sp³-hybridized carbons (Fsp3) is 0.462. The Kier molecular flexibility index (Phi) is 6.60. The standard InChI is InChI=1S/C13H20N2O5S/c1-15(10-8-13(16)17)21(18,19)14-9-7-11-5-3-4-6-12(11)20-2/h3-6,14H,7-10H2,1-2H3,(H,16,17). The first kappa shape index (κ1) is 17.4. The van der Waals surface area contributed by atoms with Gasteiger partial charge < -0.3 is 9.84 Å². The Balaban J connectivity index is 2.52. The van der Waals surface area contributed by atoms with Crippen molar-refractivity contribution < 1.29 is 23.1 Å². The molecule has 0 saturated carbocycles. The number of aliphatic carboxylic acids is 1. The summed E-state index contributed by atoms with van der Waals surface area (Å²) in [5, 5.41) is 8.55. The first-order valence-electron chi connectivity index (χ1n) is 6.41. The maximum Gasteiger partial charge on any atom is 0.304 e. The van der Waals surface area contributed by atoms with Crippen LogP contribution in [0, 0.1) is 0 Å². The van der Waals surface area contributed by atoms with Gasteiger partial charge in [0.05, 0.1) is 13.5 Å². The predicted octanol–water partition coefficient (Wildman–Crippen LogP) is 0.479. The topological polar surface area (TPSA) is 95.9 Å². The maximum atomic E-state index is 11.9. The average Bonchev–Trinajstić information content (AvgIpc) is 2.44. The van der Waals surface area contributed by atoms with E-state index in [0.29, 0.717) is 12.2 Å². The van der Waals surface area contributed by atoms with Crippen molar-refractivity contribution in [2.24, 2.45) is 0 Å². The highest BCUT2D eigenvalue weighted by atomic mass is 32.2. The quantitative estimate of drug-likeness (QED) is 0.691. The molecule has 8 heteroatoms. The van der Waals surface area contributed by atoms with Crippen molar-refractivity contribution >= 4 is 16.2 Å². The van der Waals surface area contributed by atoms with Crippen molar-refractivity contribution in [1.29, 1.82) is 0 Å². The summed E-state index contributed by atoms with van der Waals surface area (Å²) in [6, 6.07) is 7.36. The molecule has 118 valence electrons. The van der Waals surface area contributed by atoms with Gasteiger partial charge in [0, 0.05) is 20.1 Å². The molecule has 0 amide bonds. The van der Waals surface area contributed by atoms with Crippen molar-refractivity contribution in [2.75, 3.05) is 27.2 Å². The summed E-state index contributed by atoms with van der Waals surface area (Å²) in [5.41, 5.74) is 0.899. The van der Waals surface area contributed by atoms with Gasteiger partial charge in [-0.3, -0.25) is 4.79 Å². The van der Waals surface area contributed by atoms with E-state index in [4.69, 9.17) is 9.84 Å². The van der Waals surface area contributed by atoms with Gasteiger partial charge in [-0.05, 0) is 18.1 Å². The van der Waals surface area contributed by atoms with Crippen LogP contribution in [-0.4, -0.2) is 51.0 Å². The van der Waals surface area contributed by atoms with Crippen LogP contribution in [0.3, 0.4) is 0 Å². The molecule has 0 aromatic heterocycles. The van der Waals surface area contributed by atoms with Crippen molar-refractivity contribution in [3.63, 3.8) is 0 Å². The second kappa shape index (κ2) is 7.96. The zero-order chi connectivity index (χ0) is 15.9. The van der Waals surface area contributed by atoms with Gasteiger partial charge in [0.1, 0.15) is 5.75 Å². The lowest BCUT2D eigenvalue weighted by molar-refractivity contribution is -0.137. The first-order chi connectivity index (χ1) is 9.86. The number of ether oxygens (including phenoxy) is 1. The number of hydrogen-bond acceptors (Lipinski definition) is 4. The van der Waals surface area contributed by atoms with E-state index in [1.54, 1.807) is 7.11 Å². The summed E-state index contributed by atoms with van der Waals surface area (Å²) in [6.07, 6.45) is 0.250. The van der Waals surface area contributed by atoms with Gasteiger partial charge in [-0.25, -0.2) is 4.72 Å². The fourth-order valence-electron chi connectivity index (χ4n) is 1.71. The molecule has 0 bridgehead atoms. The van der Waals surface area contributed by atoms with Crippen molar-refractivity contribution in [2.45, 2.75) is 12.8 Å². The number of methoxy groups -OCH3 is 1. The fourth-order valence-corrected chi connectivity index (χ4v) is 2.62. The van der Waals surface area contributed by atoms with Crippen LogP contribution in [0.4, 0.5) is 0 Å². The van der Waals surface area contributed by atoms with E-state index >= 15 is 0 Å². The molecule has 0 radical (unpaired) electrons. The minimum Gasteiger partial charge on any atom is -0.496 e. The number of para-hydroxylation sites is 1. The molecule has 7 nitrogen and oxygen atoms in total. The van der Waals surface area contributed by atoms with Crippen molar-refractivity contribution in [3.8, 4) is 5.75 Å². The van der Waals surface area contributed by atoms with E-state index in [2.05, 4.69) is 4.72 Å². The first-order valence-corrected chi connectivity index (χ1v) is 7.85. The largest absolute Gasteiger partial charge is 0.496 e. The number of benzene rings is 1. The summed E-state index contributed by atoms with van der Waals surface area (Å²) < 4.78 is 32.4. The SMILES string of the molecule is COc1ccccc1CCNS(=O)(=O)N(C)CCC(=O)O.